The normalized spacial score (nSPS) is 12.9. The molecule has 0 fully saturated rings. The molecule has 0 saturated carbocycles. The zero-order chi connectivity index (χ0) is 11.4. The van der Waals surface area contributed by atoms with Crippen molar-refractivity contribution in [2.75, 3.05) is 5.88 Å². The van der Waals surface area contributed by atoms with E-state index >= 15 is 0 Å². The van der Waals surface area contributed by atoms with Crippen molar-refractivity contribution in [1.82, 2.24) is 4.98 Å². The van der Waals surface area contributed by atoms with Gasteiger partial charge in [0, 0.05) is 17.5 Å². The Hall–Kier alpha value is -1.12. The quantitative estimate of drug-likeness (QED) is 0.825. The number of rotatable bonds is 4. The van der Waals surface area contributed by atoms with Crippen LogP contribution in [0.25, 0.3) is 10.9 Å². The smallest absolute Gasteiger partial charge is 0.0805 e. The number of nitrogens with zero attached hydrogens (tertiary/aromatic N) is 1. The number of hydrogen-bond acceptors (Lipinski definition) is 2. The fourth-order valence-corrected chi connectivity index (χ4v) is 1.86. The van der Waals surface area contributed by atoms with Crippen LogP contribution in [0.3, 0.4) is 0 Å². The fourth-order valence-electron chi connectivity index (χ4n) is 1.71. The van der Waals surface area contributed by atoms with Crippen molar-refractivity contribution in [2.45, 2.75) is 18.9 Å². The topological polar surface area (TPSA) is 33.1 Å². The first-order valence-electron chi connectivity index (χ1n) is 5.40. The minimum absolute atomic E-state index is 0.462. The number of aromatic nitrogens is 1. The van der Waals surface area contributed by atoms with Gasteiger partial charge in [0.15, 0.2) is 0 Å². The molecule has 3 heteroatoms. The minimum Gasteiger partial charge on any atom is -0.388 e. The molecule has 2 aromatic rings. The highest BCUT2D eigenvalue weighted by Crippen LogP contribution is 2.21. The maximum Gasteiger partial charge on any atom is 0.0805 e. The summed E-state index contributed by atoms with van der Waals surface area (Å²) in [5.41, 5.74) is 1.82. The van der Waals surface area contributed by atoms with Gasteiger partial charge < -0.3 is 5.11 Å². The number of pyridine rings is 1. The van der Waals surface area contributed by atoms with Crippen LogP contribution in [0.1, 0.15) is 24.5 Å². The number of fused-ring (bicyclic) bond motifs is 1. The predicted molar refractivity (Wildman–Crippen MR) is 66.7 cm³/mol. The molecule has 1 N–H and O–H groups in total. The van der Waals surface area contributed by atoms with Crippen molar-refractivity contribution < 1.29 is 5.11 Å². The molecule has 1 aromatic carbocycles. The summed E-state index contributed by atoms with van der Waals surface area (Å²) in [7, 11) is 0. The molecule has 1 unspecified atom stereocenters. The average Bonchev–Trinajstić information content (AvgIpc) is 2.35. The van der Waals surface area contributed by atoms with Gasteiger partial charge in [-0.15, -0.1) is 11.6 Å². The molecule has 0 aliphatic carbocycles. The van der Waals surface area contributed by atoms with E-state index < -0.39 is 6.10 Å². The van der Waals surface area contributed by atoms with Gasteiger partial charge in [-0.2, -0.15) is 0 Å². The highest BCUT2D eigenvalue weighted by molar-refractivity contribution is 6.17. The van der Waals surface area contributed by atoms with Crippen molar-refractivity contribution in [3.05, 3.63) is 42.1 Å². The van der Waals surface area contributed by atoms with Crippen LogP contribution in [-0.4, -0.2) is 16.0 Å². The van der Waals surface area contributed by atoms with E-state index in [1.54, 1.807) is 6.20 Å². The summed E-state index contributed by atoms with van der Waals surface area (Å²) < 4.78 is 0. The number of benzene rings is 1. The van der Waals surface area contributed by atoms with Crippen molar-refractivity contribution in [2.24, 2.45) is 0 Å². The Labute approximate surface area is 99.9 Å². The number of aliphatic hydroxyl groups excluding tert-OH is 1. The second-order valence-corrected chi connectivity index (χ2v) is 4.19. The van der Waals surface area contributed by atoms with Crippen LogP contribution in [0.5, 0.6) is 0 Å². The molecular formula is C13H14ClNO. The molecule has 0 aliphatic rings. The summed E-state index contributed by atoms with van der Waals surface area (Å²) in [5.74, 6) is 0.581. The number of aliphatic hydroxyl groups is 1. The van der Waals surface area contributed by atoms with Crippen molar-refractivity contribution in [1.29, 1.82) is 0 Å². The molecule has 0 amide bonds. The molecule has 0 bridgehead atoms. The van der Waals surface area contributed by atoms with E-state index in [1.165, 1.54) is 0 Å². The van der Waals surface area contributed by atoms with Gasteiger partial charge in [0.25, 0.3) is 0 Å². The highest BCUT2D eigenvalue weighted by atomic mass is 35.5. The van der Waals surface area contributed by atoms with E-state index in [2.05, 4.69) is 4.98 Å². The number of alkyl halides is 1. The Morgan fingerprint density at radius 3 is 2.94 bits per heavy atom. The van der Waals surface area contributed by atoms with Crippen LogP contribution < -0.4 is 0 Å². The van der Waals surface area contributed by atoms with E-state index in [9.17, 15) is 5.11 Å². The highest BCUT2D eigenvalue weighted by Gasteiger charge is 2.07. The largest absolute Gasteiger partial charge is 0.388 e. The summed E-state index contributed by atoms with van der Waals surface area (Å²) in [5, 5.41) is 11.0. The molecule has 2 rings (SSSR count). The number of para-hydroxylation sites is 1. The van der Waals surface area contributed by atoms with Gasteiger partial charge in [-0.05, 0) is 30.5 Å². The summed E-state index contributed by atoms with van der Waals surface area (Å²) in [6.07, 6.45) is 2.77. The molecule has 0 spiro atoms. The lowest BCUT2D eigenvalue weighted by Gasteiger charge is -2.10. The van der Waals surface area contributed by atoms with E-state index in [0.29, 0.717) is 12.3 Å². The van der Waals surface area contributed by atoms with Gasteiger partial charge in [0.2, 0.25) is 0 Å². The molecule has 2 nitrogen and oxygen atoms in total. The van der Waals surface area contributed by atoms with Gasteiger partial charge in [0.05, 0.1) is 11.6 Å². The maximum absolute atomic E-state index is 9.91. The fraction of sp³-hybridized carbons (Fsp3) is 0.308. The second kappa shape index (κ2) is 5.28. The van der Waals surface area contributed by atoms with Gasteiger partial charge in [0.1, 0.15) is 0 Å². The average molecular weight is 236 g/mol. The Bertz CT molecular complexity index is 472. The third-order valence-corrected chi connectivity index (χ3v) is 2.87. The predicted octanol–water partition coefficient (Wildman–Crippen LogP) is 3.29. The Morgan fingerprint density at radius 2 is 2.12 bits per heavy atom. The zero-order valence-electron chi connectivity index (χ0n) is 8.94. The summed E-state index contributed by atoms with van der Waals surface area (Å²) in [6, 6.07) is 9.88. The van der Waals surface area contributed by atoms with E-state index in [0.717, 1.165) is 22.9 Å². The second-order valence-electron chi connectivity index (χ2n) is 3.81. The van der Waals surface area contributed by atoms with Crippen LogP contribution >= 0.6 is 11.6 Å². The monoisotopic (exact) mass is 235 g/mol. The third-order valence-electron chi connectivity index (χ3n) is 2.61. The van der Waals surface area contributed by atoms with Gasteiger partial charge in [-0.1, -0.05) is 18.2 Å². The zero-order valence-corrected chi connectivity index (χ0v) is 9.69. The van der Waals surface area contributed by atoms with Crippen LogP contribution in [0, 0.1) is 0 Å². The summed E-state index contributed by atoms with van der Waals surface area (Å²) in [6.45, 7) is 0. The lowest BCUT2D eigenvalue weighted by molar-refractivity contribution is 0.166. The summed E-state index contributed by atoms with van der Waals surface area (Å²) >= 11 is 5.60. The molecule has 1 aromatic heterocycles. The summed E-state index contributed by atoms with van der Waals surface area (Å²) in [4.78, 5) is 4.32. The van der Waals surface area contributed by atoms with Crippen molar-refractivity contribution in [3.8, 4) is 0 Å². The molecule has 1 atom stereocenters. The van der Waals surface area contributed by atoms with Gasteiger partial charge in [-0.25, -0.2) is 0 Å². The number of halogens is 1. The van der Waals surface area contributed by atoms with Gasteiger partial charge >= 0.3 is 0 Å². The third kappa shape index (κ3) is 2.52. The van der Waals surface area contributed by atoms with Crippen molar-refractivity contribution in [3.63, 3.8) is 0 Å². The van der Waals surface area contributed by atoms with E-state index in [4.69, 9.17) is 11.6 Å². The number of hydrogen-bond donors (Lipinski definition) is 1. The lowest BCUT2D eigenvalue weighted by atomic mass is 10.1. The molecule has 1 heterocycles. The maximum atomic E-state index is 9.91. The first-order valence-corrected chi connectivity index (χ1v) is 5.93. The molecule has 0 aliphatic heterocycles. The molecule has 16 heavy (non-hydrogen) atoms. The molecule has 0 radical (unpaired) electrons. The minimum atomic E-state index is -0.462. The Morgan fingerprint density at radius 1 is 1.31 bits per heavy atom. The Kier molecular flexibility index (Phi) is 3.75. The van der Waals surface area contributed by atoms with Crippen LogP contribution in [0.2, 0.25) is 0 Å². The first-order chi connectivity index (χ1) is 7.81. The van der Waals surface area contributed by atoms with Crippen LogP contribution in [0.15, 0.2) is 36.5 Å². The molecule has 84 valence electrons. The van der Waals surface area contributed by atoms with Crippen LogP contribution in [0.4, 0.5) is 0 Å². The standard InChI is InChI=1S/C13H14ClNO/c14-7-3-6-13(16)11-8-10-4-1-2-5-12(10)15-9-11/h1-2,4-5,8-9,13,16H,3,6-7H2. The van der Waals surface area contributed by atoms with Gasteiger partial charge in [-0.3, -0.25) is 4.98 Å². The SMILES string of the molecule is OC(CCCCl)c1cnc2ccccc2c1. The molecular weight excluding hydrogens is 222 g/mol. The molecule has 0 saturated heterocycles. The van der Waals surface area contributed by atoms with E-state index in [-0.39, 0.29) is 0 Å². The van der Waals surface area contributed by atoms with E-state index in [1.807, 2.05) is 30.3 Å². The first kappa shape index (κ1) is 11.4. The van der Waals surface area contributed by atoms with Crippen LogP contribution in [-0.2, 0) is 0 Å². The van der Waals surface area contributed by atoms with Crippen molar-refractivity contribution >= 4 is 22.5 Å². The lowest BCUT2D eigenvalue weighted by Crippen LogP contribution is -1.98. The Balaban J connectivity index is 2.25.